The average Bonchev–Trinajstić information content (AvgIpc) is 2.36. The molecule has 1 aliphatic rings. The van der Waals surface area contributed by atoms with Gasteiger partial charge in [-0.3, -0.25) is 4.79 Å². The molecule has 1 fully saturated rings. The number of rotatable bonds is 5. The average molecular weight is 256 g/mol. The number of carboxylic acid groups (broad SMARTS) is 1. The molecule has 5 heteroatoms. The second-order valence-corrected chi connectivity index (χ2v) is 4.91. The topological polar surface area (TPSA) is 60.9 Å². The summed E-state index contributed by atoms with van der Waals surface area (Å²) in [7, 11) is 0. The number of nitrogens with zero attached hydrogens (tertiary/aromatic N) is 2. The summed E-state index contributed by atoms with van der Waals surface area (Å²) in [5, 5.41) is 8.76. The number of amides is 2. The van der Waals surface area contributed by atoms with Crippen molar-refractivity contribution < 1.29 is 14.7 Å². The number of urea groups is 1. The third-order valence-corrected chi connectivity index (χ3v) is 3.56. The monoisotopic (exact) mass is 256 g/mol. The van der Waals surface area contributed by atoms with E-state index in [1.807, 2.05) is 6.92 Å². The number of piperidine rings is 1. The number of aliphatic carboxylic acids is 1. The predicted molar refractivity (Wildman–Crippen MR) is 69.5 cm³/mol. The lowest BCUT2D eigenvalue weighted by Crippen LogP contribution is -2.48. The molecule has 0 bridgehead atoms. The molecular weight excluding hydrogens is 232 g/mol. The Bertz CT molecular complexity index is 286. The summed E-state index contributed by atoms with van der Waals surface area (Å²) >= 11 is 0. The maximum Gasteiger partial charge on any atom is 0.323 e. The maximum absolute atomic E-state index is 12.1. The zero-order valence-corrected chi connectivity index (χ0v) is 11.4. The van der Waals surface area contributed by atoms with Crippen LogP contribution in [0.15, 0.2) is 0 Å². The Morgan fingerprint density at radius 3 is 2.33 bits per heavy atom. The van der Waals surface area contributed by atoms with Crippen LogP contribution in [0.1, 0.15) is 39.5 Å². The van der Waals surface area contributed by atoms with E-state index in [4.69, 9.17) is 5.11 Å². The first-order valence-electron chi connectivity index (χ1n) is 6.84. The van der Waals surface area contributed by atoms with Gasteiger partial charge in [0.05, 0.1) is 0 Å². The fourth-order valence-electron chi connectivity index (χ4n) is 2.50. The molecule has 1 aliphatic heterocycles. The van der Waals surface area contributed by atoms with Crippen LogP contribution in [-0.4, -0.2) is 53.1 Å². The van der Waals surface area contributed by atoms with Crippen LogP contribution >= 0.6 is 0 Å². The molecule has 1 N–H and O–H groups in total. The minimum Gasteiger partial charge on any atom is -0.480 e. The number of carboxylic acids is 1. The first-order chi connectivity index (χ1) is 8.58. The van der Waals surface area contributed by atoms with Crippen LogP contribution in [0.2, 0.25) is 0 Å². The molecular formula is C13H24N2O3. The van der Waals surface area contributed by atoms with E-state index >= 15 is 0 Å². The third-order valence-electron chi connectivity index (χ3n) is 3.56. The Kier molecular flexibility index (Phi) is 5.95. The number of carbonyl (C=O) groups excluding carboxylic acids is 1. The van der Waals surface area contributed by atoms with E-state index in [2.05, 4.69) is 6.92 Å². The first-order valence-corrected chi connectivity index (χ1v) is 6.84. The molecule has 104 valence electrons. The molecule has 0 aromatic heterocycles. The number of likely N-dealkylation sites (N-methyl/N-ethyl adjacent to an activating group) is 1. The molecule has 1 saturated heterocycles. The Morgan fingerprint density at radius 2 is 1.89 bits per heavy atom. The molecule has 0 saturated carbocycles. The molecule has 0 unspecified atom stereocenters. The van der Waals surface area contributed by atoms with Gasteiger partial charge in [-0.15, -0.1) is 0 Å². The van der Waals surface area contributed by atoms with E-state index in [9.17, 15) is 9.59 Å². The van der Waals surface area contributed by atoms with Crippen molar-refractivity contribution in [2.45, 2.75) is 39.5 Å². The van der Waals surface area contributed by atoms with Gasteiger partial charge in [-0.25, -0.2) is 4.79 Å². The van der Waals surface area contributed by atoms with Crippen molar-refractivity contribution >= 4 is 12.0 Å². The molecule has 0 aromatic rings. The SMILES string of the molecule is CCCC1CCN(C(=O)N(CC)CC(=O)O)CC1. The predicted octanol–water partition coefficient (Wildman–Crippen LogP) is 2.03. The second-order valence-electron chi connectivity index (χ2n) is 4.91. The summed E-state index contributed by atoms with van der Waals surface area (Å²) in [5.74, 6) is -0.223. The van der Waals surface area contributed by atoms with E-state index in [-0.39, 0.29) is 12.6 Å². The minimum atomic E-state index is -0.953. The van der Waals surface area contributed by atoms with E-state index in [0.29, 0.717) is 6.54 Å². The van der Waals surface area contributed by atoms with E-state index < -0.39 is 5.97 Å². The van der Waals surface area contributed by atoms with Gasteiger partial charge in [0.15, 0.2) is 0 Å². The van der Waals surface area contributed by atoms with Crippen molar-refractivity contribution in [3.63, 3.8) is 0 Å². The van der Waals surface area contributed by atoms with Gasteiger partial charge in [-0.05, 0) is 25.7 Å². The van der Waals surface area contributed by atoms with Gasteiger partial charge in [0.1, 0.15) is 6.54 Å². The molecule has 0 aromatic carbocycles. The number of likely N-dealkylation sites (tertiary alicyclic amines) is 1. The highest BCUT2D eigenvalue weighted by molar-refractivity contribution is 5.80. The van der Waals surface area contributed by atoms with Gasteiger partial charge in [-0.2, -0.15) is 0 Å². The molecule has 1 heterocycles. The number of carbonyl (C=O) groups is 2. The number of hydrogen-bond donors (Lipinski definition) is 1. The maximum atomic E-state index is 12.1. The highest BCUT2D eigenvalue weighted by atomic mass is 16.4. The zero-order valence-electron chi connectivity index (χ0n) is 11.4. The summed E-state index contributed by atoms with van der Waals surface area (Å²) in [6.45, 7) is 5.76. The standard InChI is InChI=1S/C13H24N2O3/c1-3-5-11-6-8-15(9-7-11)13(18)14(4-2)10-12(16)17/h11H,3-10H2,1-2H3,(H,16,17). The molecule has 5 nitrogen and oxygen atoms in total. The van der Waals surface area contributed by atoms with Crippen LogP contribution in [0.25, 0.3) is 0 Å². The highest BCUT2D eigenvalue weighted by Gasteiger charge is 2.26. The Hall–Kier alpha value is -1.26. The Balaban J connectivity index is 2.45. The first kappa shape index (κ1) is 14.8. The molecule has 0 spiro atoms. The van der Waals surface area contributed by atoms with Gasteiger partial charge >= 0.3 is 12.0 Å². The fraction of sp³-hybridized carbons (Fsp3) is 0.846. The number of hydrogen-bond acceptors (Lipinski definition) is 2. The third kappa shape index (κ3) is 4.20. The smallest absolute Gasteiger partial charge is 0.323 e. The normalized spacial score (nSPS) is 16.7. The van der Waals surface area contributed by atoms with Crippen molar-refractivity contribution in [2.75, 3.05) is 26.2 Å². The second kappa shape index (κ2) is 7.24. The van der Waals surface area contributed by atoms with Crippen molar-refractivity contribution in [2.24, 2.45) is 5.92 Å². The van der Waals surface area contributed by atoms with Gasteiger partial charge in [-0.1, -0.05) is 19.8 Å². The summed E-state index contributed by atoms with van der Waals surface area (Å²) in [5.41, 5.74) is 0. The summed E-state index contributed by atoms with van der Waals surface area (Å²) in [4.78, 5) is 26.0. The van der Waals surface area contributed by atoms with Crippen LogP contribution in [0.4, 0.5) is 4.79 Å². The van der Waals surface area contributed by atoms with Gasteiger partial charge < -0.3 is 14.9 Å². The molecule has 1 rings (SSSR count). The van der Waals surface area contributed by atoms with E-state index in [0.717, 1.165) is 31.8 Å². The summed E-state index contributed by atoms with van der Waals surface area (Å²) in [6, 6.07) is -0.130. The van der Waals surface area contributed by atoms with Gasteiger partial charge in [0.2, 0.25) is 0 Å². The zero-order chi connectivity index (χ0) is 13.5. The lowest BCUT2D eigenvalue weighted by Gasteiger charge is -2.35. The van der Waals surface area contributed by atoms with Gasteiger partial charge in [0, 0.05) is 19.6 Å². The molecule has 2 amide bonds. The lowest BCUT2D eigenvalue weighted by atomic mass is 9.93. The highest BCUT2D eigenvalue weighted by Crippen LogP contribution is 2.22. The van der Waals surface area contributed by atoms with E-state index in [1.165, 1.54) is 17.7 Å². The summed E-state index contributed by atoms with van der Waals surface area (Å²) in [6.07, 6.45) is 4.52. The summed E-state index contributed by atoms with van der Waals surface area (Å²) < 4.78 is 0. The van der Waals surface area contributed by atoms with Crippen molar-refractivity contribution in [1.29, 1.82) is 0 Å². The van der Waals surface area contributed by atoms with Crippen LogP contribution in [-0.2, 0) is 4.79 Å². The quantitative estimate of drug-likeness (QED) is 0.818. The molecule has 0 radical (unpaired) electrons. The largest absolute Gasteiger partial charge is 0.480 e. The molecule has 0 atom stereocenters. The van der Waals surface area contributed by atoms with Crippen LogP contribution in [0.3, 0.4) is 0 Å². The van der Waals surface area contributed by atoms with Crippen LogP contribution < -0.4 is 0 Å². The minimum absolute atomic E-state index is 0.130. The van der Waals surface area contributed by atoms with Gasteiger partial charge in [0.25, 0.3) is 0 Å². The molecule has 0 aliphatic carbocycles. The Labute approximate surface area is 109 Å². The van der Waals surface area contributed by atoms with Crippen molar-refractivity contribution in [3.05, 3.63) is 0 Å². The van der Waals surface area contributed by atoms with Crippen molar-refractivity contribution in [1.82, 2.24) is 9.80 Å². The Morgan fingerprint density at radius 1 is 1.28 bits per heavy atom. The lowest BCUT2D eigenvalue weighted by molar-refractivity contribution is -0.137. The van der Waals surface area contributed by atoms with E-state index in [1.54, 1.807) is 4.90 Å². The van der Waals surface area contributed by atoms with Crippen LogP contribution in [0, 0.1) is 5.92 Å². The molecule has 18 heavy (non-hydrogen) atoms. The van der Waals surface area contributed by atoms with Crippen molar-refractivity contribution in [3.8, 4) is 0 Å². The fourth-order valence-corrected chi connectivity index (χ4v) is 2.50. The van der Waals surface area contributed by atoms with Crippen LogP contribution in [0.5, 0.6) is 0 Å².